The SMILES string of the molecule is O=C(Nc1nc(C2CC2)cs1)N1CCOCC1. The fourth-order valence-corrected chi connectivity index (χ4v) is 2.63. The van der Waals surface area contributed by atoms with Crippen molar-refractivity contribution in [1.82, 2.24) is 9.88 Å². The van der Waals surface area contributed by atoms with Gasteiger partial charge in [0, 0.05) is 24.4 Å². The highest BCUT2D eigenvalue weighted by atomic mass is 32.1. The van der Waals surface area contributed by atoms with Crippen LogP contribution in [0.2, 0.25) is 0 Å². The van der Waals surface area contributed by atoms with Crippen molar-refractivity contribution >= 4 is 22.5 Å². The Morgan fingerprint density at radius 3 is 2.94 bits per heavy atom. The summed E-state index contributed by atoms with van der Waals surface area (Å²) < 4.78 is 5.21. The third-order valence-corrected chi connectivity index (χ3v) is 3.81. The molecule has 1 saturated carbocycles. The number of rotatable bonds is 2. The first-order valence-corrected chi connectivity index (χ1v) is 6.80. The van der Waals surface area contributed by atoms with E-state index in [1.54, 1.807) is 4.90 Å². The number of carbonyl (C=O) groups excluding carboxylic acids is 1. The standard InChI is InChI=1S/C11H15N3O2S/c15-11(14-3-5-16-6-4-14)13-10-12-9(7-17-10)8-1-2-8/h7-8H,1-6H2,(H,12,13,15). The van der Waals surface area contributed by atoms with Crippen molar-refractivity contribution in [1.29, 1.82) is 0 Å². The number of nitrogens with one attached hydrogen (secondary N) is 1. The number of amides is 2. The van der Waals surface area contributed by atoms with Crippen LogP contribution in [0.15, 0.2) is 5.38 Å². The van der Waals surface area contributed by atoms with Crippen LogP contribution in [0.5, 0.6) is 0 Å². The first-order valence-electron chi connectivity index (χ1n) is 5.92. The van der Waals surface area contributed by atoms with Crippen LogP contribution in [-0.4, -0.2) is 42.2 Å². The Labute approximate surface area is 104 Å². The molecular formula is C11H15N3O2S. The third-order valence-electron chi connectivity index (χ3n) is 3.03. The van der Waals surface area contributed by atoms with Gasteiger partial charge in [-0.3, -0.25) is 5.32 Å². The fraction of sp³-hybridized carbons (Fsp3) is 0.636. The third kappa shape index (κ3) is 2.58. The Bertz CT molecular complexity index is 411. The van der Waals surface area contributed by atoms with Gasteiger partial charge in [0.2, 0.25) is 0 Å². The largest absolute Gasteiger partial charge is 0.378 e. The molecule has 2 aliphatic rings. The van der Waals surface area contributed by atoms with Gasteiger partial charge in [0.25, 0.3) is 0 Å². The smallest absolute Gasteiger partial charge is 0.323 e. The van der Waals surface area contributed by atoms with Gasteiger partial charge >= 0.3 is 6.03 Å². The zero-order valence-corrected chi connectivity index (χ0v) is 10.3. The van der Waals surface area contributed by atoms with Crippen LogP contribution < -0.4 is 5.32 Å². The number of nitrogens with zero attached hydrogens (tertiary/aromatic N) is 2. The van der Waals surface area contributed by atoms with Gasteiger partial charge in [0.15, 0.2) is 5.13 Å². The molecule has 1 aliphatic carbocycles. The second-order valence-electron chi connectivity index (χ2n) is 4.38. The number of hydrogen-bond donors (Lipinski definition) is 1. The van der Waals surface area contributed by atoms with Crippen LogP contribution >= 0.6 is 11.3 Å². The van der Waals surface area contributed by atoms with Gasteiger partial charge in [-0.05, 0) is 12.8 Å². The Hall–Kier alpha value is -1.14. The summed E-state index contributed by atoms with van der Waals surface area (Å²) in [5, 5.41) is 5.61. The van der Waals surface area contributed by atoms with Gasteiger partial charge < -0.3 is 9.64 Å². The number of carbonyl (C=O) groups is 1. The summed E-state index contributed by atoms with van der Waals surface area (Å²) in [4.78, 5) is 18.1. The summed E-state index contributed by atoms with van der Waals surface area (Å²) >= 11 is 1.51. The van der Waals surface area contributed by atoms with Crippen molar-refractivity contribution in [3.8, 4) is 0 Å². The predicted molar refractivity (Wildman–Crippen MR) is 65.5 cm³/mol. The zero-order chi connectivity index (χ0) is 11.7. The molecule has 1 saturated heterocycles. The Morgan fingerprint density at radius 2 is 2.24 bits per heavy atom. The monoisotopic (exact) mass is 253 g/mol. The van der Waals surface area contributed by atoms with Crippen LogP contribution in [0.3, 0.4) is 0 Å². The molecule has 0 atom stereocenters. The van der Waals surface area contributed by atoms with Crippen LogP contribution in [0.1, 0.15) is 24.5 Å². The molecule has 0 aromatic carbocycles. The summed E-state index contributed by atoms with van der Waals surface area (Å²) in [7, 11) is 0. The predicted octanol–water partition coefficient (Wildman–Crippen LogP) is 1.88. The molecule has 5 nitrogen and oxygen atoms in total. The maximum atomic E-state index is 11.9. The highest BCUT2D eigenvalue weighted by Crippen LogP contribution is 2.40. The normalized spacial score (nSPS) is 20.4. The quantitative estimate of drug-likeness (QED) is 0.875. The van der Waals surface area contributed by atoms with Crippen LogP contribution in [-0.2, 0) is 4.74 Å². The molecule has 1 aromatic heterocycles. The molecule has 1 N–H and O–H groups in total. The van der Waals surface area contributed by atoms with Gasteiger partial charge in [-0.25, -0.2) is 9.78 Å². The summed E-state index contributed by atoms with van der Waals surface area (Å²) in [5.74, 6) is 0.639. The minimum atomic E-state index is -0.0648. The van der Waals surface area contributed by atoms with E-state index in [4.69, 9.17) is 4.74 Å². The van der Waals surface area contributed by atoms with Gasteiger partial charge in [0.1, 0.15) is 0 Å². The molecular weight excluding hydrogens is 238 g/mol. The van der Waals surface area contributed by atoms with Gasteiger partial charge in [-0.15, -0.1) is 11.3 Å². The van der Waals surface area contributed by atoms with E-state index < -0.39 is 0 Å². The van der Waals surface area contributed by atoms with E-state index in [-0.39, 0.29) is 6.03 Å². The lowest BCUT2D eigenvalue weighted by Gasteiger charge is -2.26. The average Bonchev–Trinajstić information content (AvgIpc) is 3.12. The molecule has 2 amide bonds. The molecule has 6 heteroatoms. The van der Waals surface area contributed by atoms with E-state index >= 15 is 0 Å². The molecule has 1 aliphatic heterocycles. The lowest BCUT2D eigenvalue weighted by Crippen LogP contribution is -2.43. The van der Waals surface area contributed by atoms with E-state index in [0.29, 0.717) is 37.4 Å². The summed E-state index contributed by atoms with van der Waals surface area (Å²) in [6.45, 7) is 2.57. The number of aromatic nitrogens is 1. The van der Waals surface area contributed by atoms with Crippen LogP contribution in [0.4, 0.5) is 9.93 Å². The molecule has 17 heavy (non-hydrogen) atoms. The Morgan fingerprint density at radius 1 is 1.47 bits per heavy atom. The zero-order valence-electron chi connectivity index (χ0n) is 9.52. The number of anilines is 1. The summed E-state index contributed by atoms with van der Waals surface area (Å²) in [6.07, 6.45) is 2.47. The molecule has 0 unspecified atom stereocenters. The van der Waals surface area contributed by atoms with E-state index in [1.807, 2.05) is 5.38 Å². The molecule has 3 rings (SSSR count). The lowest BCUT2D eigenvalue weighted by molar-refractivity contribution is 0.0564. The van der Waals surface area contributed by atoms with Crippen molar-refractivity contribution in [2.75, 3.05) is 31.6 Å². The molecule has 0 spiro atoms. The van der Waals surface area contributed by atoms with Crippen LogP contribution in [0.25, 0.3) is 0 Å². The van der Waals surface area contributed by atoms with E-state index in [1.165, 1.54) is 24.2 Å². The van der Waals surface area contributed by atoms with E-state index in [2.05, 4.69) is 10.3 Å². The minimum Gasteiger partial charge on any atom is -0.378 e. The Balaban J connectivity index is 1.58. The van der Waals surface area contributed by atoms with E-state index in [9.17, 15) is 4.79 Å². The van der Waals surface area contributed by atoms with Gasteiger partial charge in [0.05, 0.1) is 18.9 Å². The molecule has 0 radical (unpaired) electrons. The minimum absolute atomic E-state index is 0.0648. The van der Waals surface area contributed by atoms with Gasteiger partial charge in [-0.1, -0.05) is 0 Å². The van der Waals surface area contributed by atoms with Crippen molar-refractivity contribution in [2.24, 2.45) is 0 Å². The highest BCUT2D eigenvalue weighted by molar-refractivity contribution is 7.13. The number of morpholine rings is 1. The molecule has 2 heterocycles. The first-order chi connectivity index (χ1) is 8.33. The average molecular weight is 253 g/mol. The summed E-state index contributed by atoms with van der Waals surface area (Å²) in [6, 6.07) is -0.0648. The van der Waals surface area contributed by atoms with Crippen molar-refractivity contribution in [2.45, 2.75) is 18.8 Å². The van der Waals surface area contributed by atoms with Crippen molar-refractivity contribution in [3.63, 3.8) is 0 Å². The maximum absolute atomic E-state index is 11.9. The number of urea groups is 1. The Kier molecular flexibility index (Phi) is 2.98. The maximum Gasteiger partial charge on any atom is 0.323 e. The highest BCUT2D eigenvalue weighted by Gasteiger charge is 2.26. The number of ether oxygens (including phenoxy) is 1. The van der Waals surface area contributed by atoms with E-state index in [0.717, 1.165) is 5.69 Å². The number of thiazole rings is 1. The summed E-state index contributed by atoms with van der Waals surface area (Å²) in [5.41, 5.74) is 1.13. The van der Waals surface area contributed by atoms with Crippen molar-refractivity contribution < 1.29 is 9.53 Å². The first kappa shape index (κ1) is 11.0. The molecule has 0 bridgehead atoms. The fourth-order valence-electron chi connectivity index (χ4n) is 1.85. The molecule has 1 aromatic rings. The lowest BCUT2D eigenvalue weighted by atomic mass is 10.3. The molecule has 2 fully saturated rings. The second-order valence-corrected chi connectivity index (χ2v) is 5.24. The van der Waals surface area contributed by atoms with Crippen LogP contribution in [0, 0.1) is 0 Å². The molecule has 92 valence electrons. The topological polar surface area (TPSA) is 54.5 Å². The van der Waals surface area contributed by atoms with Gasteiger partial charge in [-0.2, -0.15) is 0 Å². The second kappa shape index (κ2) is 4.62. The number of hydrogen-bond acceptors (Lipinski definition) is 4. The van der Waals surface area contributed by atoms with Crippen molar-refractivity contribution in [3.05, 3.63) is 11.1 Å².